The van der Waals surface area contributed by atoms with Gasteiger partial charge in [0.1, 0.15) is 6.04 Å². The number of nitrogens with one attached hydrogen (secondary N) is 2. The maximum Gasteiger partial charge on any atom is 0.261 e. The van der Waals surface area contributed by atoms with E-state index in [9.17, 15) is 19.2 Å². The first kappa shape index (κ1) is 25.2. The van der Waals surface area contributed by atoms with E-state index in [1.165, 1.54) is 21.1 Å². The van der Waals surface area contributed by atoms with E-state index in [0.29, 0.717) is 28.2 Å². The molecule has 11 nitrogen and oxygen atoms in total. The summed E-state index contributed by atoms with van der Waals surface area (Å²) in [4.78, 5) is 54.4. The molecular formula is C24H27N5O6. The first-order valence-corrected chi connectivity index (χ1v) is 10.8. The number of nitrogens with two attached hydrogens (primary N) is 1. The van der Waals surface area contributed by atoms with Gasteiger partial charge in [0.2, 0.25) is 11.8 Å². The third-order valence-electron chi connectivity index (χ3n) is 5.31. The fourth-order valence-electron chi connectivity index (χ4n) is 3.54. The molecule has 1 aliphatic rings. The topological polar surface area (TPSA) is 152 Å². The predicted molar refractivity (Wildman–Crippen MR) is 127 cm³/mol. The fraction of sp³-hybridized carbons (Fsp3) is 0.292. The van der Waals surface area contributed by atoms with E-state index >= 15 is 0 Å². The zero-order valence-corrected chi connectivity index (χ0v) is 19.7. The molecule has 4 amide bonds. The molecule has 11 heteroatoms. The van der Waals surface area contributed by atoms with Crippen LogP contribution in [0.4, 0.5) is 0 Å². The summed E-state index contributed by atoms with van der Waals surface area (Å²) in [5, 5.41) is 5.06. The second-order valence-electron chi connectivity index (χ2n) is 7.70. The third-order valence-corrected chi connectivity index (χ3v) is 5.31. The first-order chi connectivity index (χ1) is 16.7. The summed E-state index contributed by atoms with van der Waals surface area (Å²) in [5.41, 5.74) is 7.14. The van der Waals surface area contributed by atoms with Crippen LogP contribution in [0.25, 0.3) is 0 Å². The van der Waals surface area contributed by atoms with E-state index in [-0.39, 0.29) is 25.5 Å². The number of ether oxygens (including phenoxy) is 2. The van der Waals surface area contributed by atoms with Gasteiger partial charge in [-0.1, -0.05) is 18.2 Å². The molecule has 0 radical (unpaired) electrons. The van der Waals surface area contributed by atoms with Crippen LogP contribution < -0.4 is 25.8 Å². The van der Waals surface area contributed by atoms with Gasteiger partial charge in [-0.25, -0.2) is 4.99 Å². The van der Waals surface area contributed by atoms with Crippen molar-refractivity contribution >= 4 is 29.6 Å². The van der Waals surface area contributed by atoms with E-state index in [2.05, 4.69) is 15.6 Å². The van der Waals surface area contributed by atoms with Gasteiger partial charge in [-0.05, 0) is 36.8 Å². The van der Waals surface area contributed by atoms with E-state index < -0.39 is 29.7 Å². The van der Waals surface area contributed by atoms with Crippen LogP contribution in [0.2, 0.25) is 0 Å². The van der Waals surface area contributed by atoms with Crippen molar-refractivity contribution in [3.05, 3.63) is 59.2 Å². The van der Waals surface area contributed by atoms with Gasteiger partial charge >= 0.3 is 0 Å². The number of rotatable bonds is 9. The number of nitrogens with zero attached hydrogens (tertiary/aromatic N) is 2. The molecule has 2 aromatic carbocycles. The number of methoxy groups -OCH3 is 2. The Balaban J connectivity index is 1.47. The summed E-state index contributed by atoms with van der Waals surface area (Å²) in [6.07, 6.45) is 0.0113. The van der Waals surface area contributed by atoms with Crippen LogP contribution in [0.3, 0.4) is 0 Å². The number of fused-ring (bicyclic) bond motifs is 1. The average molecular weight is 482 g/mol. The number of carbonyl (C=O) groups is 4. The van der Waals surface area contributed by atoms with Crippen molar-refractivity contribution in [1.82, 2.24) is 15.5 Å². The number of carbonyl (C=O) groups excluding carboxylic acids is 4. The smallest absolute Gasteiger partial charge is 0.261 e. The van der Waals surface area contributed by atoms with Gasteiger partial charge in [-0.2, -0.15) is 0 Å². The summed E-state index contributed by atoms with van der Waals surface area (Å²) in [6.45, 7) is 1.58. The first-order valence-electron chi connectivity index (χ1n) is 10.8. The van der Waals surface area contributed by atoms with Gasteiger partial charge in [-0.3, -0.25) is 29.4 Å². The molecule has 4 N–H and O–H groups in total. The third kappa shape index (κ3) is 5.94. The van der Waals surface area contributed by atoms with Gasteiger partial charge in [0.05, 0.1) is 31.8 Å². The minimum Gasteiger partial charge on any atom is -0.493 e. The SMILES string of the molecule is COc1ccc(CC(=O)NC(N)=NC(C)C(=O)NCCN2C(=O)c3ccccc3C2=O)cc1OC. The second kappa shape index (κ2) is 11.1. The maximum absolute atomic E-state index is 12.4. The van der Waals surface area contributed by atoms with Crippen molar-refractivity contribution in [2.24, 2.45) is 10.7 Å². The summed E-state index contributed by atoms with van der Waals surface area (Å²) in [5.74, 6) is -0.861. The van der Waals surface area contributed by atoms with Crippen LogP contribution >= 0.6 is 0 Å². The van der Waals surface area contributed by atoms with Gasteiger partial charge < -0.3 is 20.5 Å². The van der Waals surface area contributed by atoms with Crippen molar-refractivity contribution in [3.8, 4) is 11.5 Å². The summed E-state index contributed by atoms with van der Waals surface area (Å²) in [7, 11) is 3.02. The van der Waals surface area contributed by atoms with Crippen LogP contribution in [0.1, 0.15) is 33.2 Å². The summed E-state index contributed by atoms with van der Waals surface area (Å²) >= 11 is 0. The van der Waals surface area contributed by atoms with Gasteiger partial charge in [0.25, 0.3) is 11.8 Å². The number of amides is 4. The van der Waals surface area contributed by atoms with Crippen LogP contribution in [0, 0.1) is 0 Å². The molecule has 3 rings (SSSR count). The predicted octanol–water partition coefficient (Wildman–Crippen LogP) is 0.478. The van der Waals surface area contributed by atoms with E-state index in [4.69, 9.17) is 15.2 Å². The number of guanidine groups is 1. The highest BCUT2D eigenvalue weighted by molar-refractivity contribution is 6.21. The van der Waals surface area contributed by atoms with Crippen molar-refractivity contribution in [2.75, 3.05) is 27.3 Å². The number of imide groups is 1. The molecular weight excluding hydrogens is 454 g/mol. The summed E-state index contributed by atoms with van der Waals surface area (Å²) < 4.78 is 10.4. The Labute approximate surface area is 202 Å². The van der Waals surface area contributed by atoms with Crippen LogP contribution in [0.15, 0.2) is 47.5 Å². The molecule has 0 saturated heterocycles. The lowest BCUT2D eigenvalue weighted by molar-refractivity contribution is -0.122. The molecule has 1 atom stereocenters. The Hall–Kier alpha value is -4.41. The number of hydrogen-bond donors (Lipinski definition) is 3. The molecule has 0 fully saturated rings. The van der Waals surface area contributed by atoms with Gasteiger partial charge in [0, 0.05) is 13.1 Å². The van der Waals surface area contributed by atoms with Crippen molar-refractivity contribution in [3.63, 3.8) is 0 Å². The largest absolute Gasteiger partial charge is 0.493 e. The highest BCUT2D eigenvalue weighted by atomic mass is 16.5. The molecule has 0 aromatic heterocycles. The number of benzene rings is 2. The minimum absolute atomic E-state index is 0.0113. The molecule has 0 aliphatic carbocycles. The zero-order valence-electron chi connectivity index (χ0n) is 19.7. The highest BCUT2D eigenvalue weighted by Crippen LogP contribution is 2.27. The molecule has 0 bridgehead atoms. The summed E-state index contributed by atoms with van der Waals surface area (Å²) in [6, 6.07) is 10.7. The van der Waals surface area contributed by atoms with Crippen LogP contribution in [0.5, 0.6) is 11.5 Å². The normalized spacial score (nSPS) is 13.8. The second-order valence-corrected chi connectivity index (χ2v) is 7.70. The lowest BCUT2D eigenvalue weighted by Gasteiger charge is -2.15. The Morgan fingerprint density at radius 2 is 1.66 bits per heavy atom. The molecule has 1 unspecified atom stereocenters. The number of aliphatic imine (C=N–C) groups is 1. The fourth-order valence-corrected chi connectivity index (χ4v) is 3.54. The quantitative estimate of drug-likeness (QED) is 0.267. The lowest BCUT2D eigenvalue weighted by Crippen LogP contribution is -2.42. The van der Waals surface area contributed by atoms with Crippen LogP contribution in [-0.4, -0.2) is 67.8 Å². The molecule has 0 saturated carbocycles. The number of hydrogen-bond acceptors (Lipinski definition) is 7. The van der Waals surface area contributed by atoms with E-state index in [1.807, 2.05) is 0 Å². The molecule has 1 aliphatic heterocycles. The van der Waals surface area contributed by atoms with Gasteiger partial charge in [-0.15, -0.1) is 0 Å². The Kier molecular flexibility index (Phi) is 8.03. The average Bonchev–Trinajstić information content (AvgIpc) is 3.08. The Morgan fingerprint density at radius 3 is 2.26 bits per heavy atom. The van der Waals surface area contributed by atoms with E-state index in [0.717, 1.165) is 4.90 Å². The molecule has 184 valence electrons. The monoisotopic (exact) mass is 481 g/mol. The van der Waals surface area contributed by atoms with Crippen LogP contribution in [-0.2, 0) is 16.0 Å². The van der Waals surface area contributed by atoms with Crippen molar-refractivity contribution in [2.45, 2.75) is 19.4 Å². The lowest BCUT2D eigenvalue weighted by atomic mass is 10.1. The molecule has 0 spiro atoms. The van der Waals surface area contributed by atoms with E-state index in [1.54, 1.807) is 42.5 Å². The molecule has 35 heavy (non-hydrogen) atoms. The molecule has 1 heterocycles. The van der Waals surface area contributed by atoms with Crippen molar-refractivity contribution in [1.29, 1.82) is 0 Å². The molecule has 2 aromatic rings. The Bertz CT molecular complexity index is 1140. The van der Waals surface area contributed by atoms with Crippen molar-refractivity contribution < 1.29 is 28.7 Å². The Morgan fingerprint density at radius 1 is 1.03 bits per heavy atom. The highest BCUT2D eigenvalue weighted by Gasteiger charge is 2.34. The minimum atomic E-state index is -0.904. The zero-order chi connectivity index (χ0) is 25.5. The van der Waals surface area contributed by atoms with Gasteiger partial charge in [0.15, 0.2) is 17.5 Å². The maximum atomic E-state index is 12.4. The standard InChI is InChI=1S/C24H27N5O6/c1-14(21(31)26-10-11-29-22(32)16-6-4-5-7-17(16)23(29)33)27-24(25)28-20(30)13-15-8-9-18(34-2)19(12-15)35-3/h4-9,12,14H,10-11,13H2,1-3H3,(H,26,31)(H3,25,27,28,30).